The summed E-state index contributed by atoms with van der Waals surface area (Å²) in [5.41, 5.74) is 2.12. The Morgan fingerprint density at radius 1 is 1.00 bits per heavy atom. The van der Waals surface area contributed by atoms with E-state index in [0.29, 0.717) is 22.0 Å². The van der Waals surface area contributed by atoms with Crippen molar-refractivity contribution in [2.75, 3.05) is 5.32 Å². The smallest absolute Gasteiger partial charge is 0.0721 e. The highest BCUT2D eigenvalue weighted by molar-refractivity contribution is 9.10. The third kappa shape index (κ3) is 3.50. The molecule has 1 saturated carbocycles. The van der Waals surface area contributed by atoms with Gasteiger partial charge in [0.05, 0.1) is 15.7 Å². The second-order valence-electron chi connectivity index (χ2n) is 5.31. The zero-order valence-corrected chi connectivity index (χ0v) is 14.9. The van der Waals surface area contributed by atoms with Crippen LogP contribution in [0.5, 0.6) is 0 Å². The van der Waals surface area contributed by atoms with Gasteiger partial charge in [0.1, 0.15) is 0 Å². The number of hydrogen-bond donors (Lipinski definition) is 1. The SMILES string of the molecule is Clc1cccc(C2CC(Nc3c(Cl)cc(Br)cc3Cl)C2)c1. The number of benzene rings is 2. The summed E-state index contributed by atoms with van der Waals surface area (Å²) in [7, 11) is 0. The van der Waals surface area contributed by atoms with E-state index >= 15 is 0 Å². The maximum Gasteiger partial charge on any atom is 0.0721 e. The normalized spacial score (nSPS) is 21.0. The molecule has 5 heteroatoms. The van der Waals surface area contributed by atoms with Crippen LogP contribution >= 0.6 is 50.7 Å². The monoisotopic (exact) mass is 403 g/mol. The maximum absolute atomic E-state index is 6.24. The molecule has 0 aromatic heterocycles. The number of nitrogens with one attached hydrogen (secondary N) is 1. The molecule has 1 N–H and O–H groups in total. The second kappa shape index (κ2) is 6.37. The van der Waals surface area contributed by atoms with Crippen LogP contribution < -0.4 is 5.32 Å². The van der Waals surface area contributed by atoms with Crippen LogP contribution in [0.2, 0.25) is 15.1 Å². The summed E-state index contributed by atoms with van der Waals surface area (Å²) >= 11 is 21.9. The fraction of sp³-hybridized carbons (Fsp3) is 0.250. The van der Waals surface area contributed by atoms with E-state index in [-0.39, 0.29) is 0 Å². The van der Waals surface area contributed by atoms with Gasteiger partial charge in [-0.05, 0) is 48.6 Å². The fourth-order valence-corrected chi connectivity index (χ4v) is 4.17. The molecule has 1 fully saturated rings. The third-order valence-electron chi connectivity index (χ3n) is 3.81. The van der Waals surface area contributed by atoms with Crippen LogP contribution in [0.4, 0.5) is 5.69 Å². The molecule has 21 heavy (non-hydrogen) atoms. The maximum atomic E-state index is 6.24. The molecule has 2 aromatic rings. The van der Waals surface area contributed by atoms with Gasteiger partial charge in [-0.15, -0.1) is 0 Å². The largest absolute Gasteiger partial charge is 0.380 e. The summed E-state index contributed by atoms with van der Waals surface area (Å²) in [4.78, 5) is 0. The molecule has 0 unspecified atom stereocenters. The molecule has 0 amide bonds. The summed E-state index contributed by atoms with van der Waals surface area (Å²) in [6.45, 7) is 0. The van der Waals surface area contributed by atoms with Gasteiger partial charge in [0.15, 0.2) is 0 Å². The topological polar surface area (TPSA) is 12.0 Å². The summed E-state index contributed by atoms with van der Waals surface area (Å²) < 4.78 is 0.883. The average Bonchev–Trinajstić information content (AvgIpc) is 2.35. The Morgan fingerprint density at radius 2 is 1.67 bits per heavy atom. The van der Waals surface area contributed by atoms with Crippen molar-refractivity contribution in [1.82, 2.24) is 0 Å². The molecule has 0 spiro atoms. The van der Waals surface area contributed by atoms with E-state index in [1.54, 1.807) is 0 Å². The van der Waals surface area contributed by atoms with Crippen molar-refractivity contribution in [3.8, 4) is 0 Å². The quantitative estimate of drug-likeness (QED) is 0.594. The molecule has 110 valence electrons. The molecule has 1 nitrogen and oxygen atoms in total. The van der Waals surface area contributed by atoms with Crippen LogP contribution in [0.15, 0.2) is 40.9 Å². The molecule has 3 rings (SSSR count). The van der Waals surface area contributed by atoms with Crippen LogP contribution in [0.3, 0.4) is 0 Å². The van der Waals surface area contributed by atoms with E-state index in [0.717, 1.165) is 28.0 Å². The summed E-state index contributed by atoms with van der Waals surface area (Å²) in [5, 5.41) is 5.51. The fourth-order valence-electron chi connectivity index (χ4n) is 2.65. The van der Waals surface area contributed by atoms with E-state index in [1.807, 2.05) is 30.3 Å². The van der Waals surface area contributed by atoms with Gasteiger partial charge in [-0.3, -0.25) is 0 Å². The van der Waals surface area contributed by atoms with Crippen molar-refractivity contribution in [2.45, 2.75) is 24.8 Å². The first kappa shape index (κ1) is 15.5. The van der Waals surface area contributed by atoms with Gasteiger partial charge >= 0.3 is 0 Å². The highest BCUT2D eigenvalue weighted by Crippen LogP contribution is 2.42. The number of hydrogen-bond acceptors (Lipinski definition) is 1. The predicted octanol–water partition coefficient (Wildman–Crippen LogP) is 6.77. The van der Waals surface area contributed by atoms with Gasteiger partial charge in [0, 0.05) is 15.5 Å². The van der Waals surface area contributed by atoms with Crippen molar-refractivity contribution in [1.29, 1.82) is 0 Å². The minimum Gasteiger partial charge on any atom is -0.380 e. The zero-order valence-electron chi connectivity index (χ0n) is 11.0. The second-order valence-corrected chi connectivity index (χ2v) is 7.48. The standard InChI is InChI=1S/C16H13BrCl3N/c17-11-7-14(19)16(15(20)8-11)21-13-5-10(6-13)9-2-1-3-12(18)4-9/h1-4,7-8,10,13,21H,5-6H2. The van der Waals surface area contributed by atoms with E-state index in [9.17, 15) is 0 Å². The van der Waals surface area contributed by atoms with E-state index in [4.69, 9.17) is 34.8 Å². The van der Waals surface area contributed by atoms with E-state index < -0.39 is 0 Å². The Bertz CT molecular complexity index is 645. The predicted molar refractivity (Wildman–Crippen MR) is 95.0 cm³/mol. The lowest BCUT2D eigenvalue weighted by Gasteiger charge is -2.37. The number of anilines is 1. The molecule has 0 heterocycles. The molecule has 1 aliphatic rings. The summed E-state index contributed by atoms with van der Waals surface area (Å²) in [6, 6.07) is 12.2. The van der Waals surface area contributed by atoms with Gasteiger partial charge in [-0.2, -0.15) is 0 Å². The molecular weight excluding hydrogens is 392 g/mol. The first-order chi connectivity index (χ1) is 10.0. The van der Waals surface area contributed by atoms with Crippen LogP contribution in [0, 0.1) is 0 Å². The molecule has 1 aliphatic carbocycles. The van der Waals surface area contributed by atoms with Crippen LogP contribution in [-0.2, 0) is 0 Å². The van der Waals surface area contributed by atoms with Gasteiger partial charge in [0.25, 0.3) is 0 Å². The lowest BCUT2D eigenvalue weighted by molar-refractivity contribution is 0.374. The summed E-state index contributed by atoms with van der Waals surface area (Å²) in [5.74, 6) is 0.550. The average molecular weight is 406 g/mol. The molecule has 0 aliphatic heterocycles. The van der Waals surface area contributed by atoms with Gasteiger partial charge in [-0.1, -0.05) is 62.9 Å². The molecule has 0 radical (unpaired) electrons. The van der Waals surface area contributed by atoms with Crippen molar-refractivity contribution < 1.29 is 0 Å². The Balaban J connectivity index is 1.65. The number of halogens is 4. The van der Waals surface area contributed by atoms with Crippen LogP contribution in [0.25, 0.3) is 0 Å². The molecule has 0 atom stereocenters. The first-order valence-corrected chi connectivity index (χ1v) is 8.62. The van der Waals surface area contributed by atoms with Crippen molar-refractivity contribution >= 4 is 56.4 Å². The lowest BCUT2D eigenvalue weighted by Crippen LogP contribution is -2.34. The lowest BCUT2D eigenvalue weighted by atomic mass is 9.76. The minimum atomic E-state index is 0.394. The van der Waals surface area contributed by atoms with Crippen LogP contribution in [0.1, 0.15) is 24.3 Å². The van der Waals surface area contributed by atoms with Gasteiger partial charge in [-0.25, -0.2) is 0 Å². The summed E-state index contributed by atoms with van der Waals surface area (Å²) in [6.07, 6.45) is 2.12. The molecule has 2 aromatic carbocycles. The van der Waals surface area contributed by atoms with Gasteiger partial charge < -0.3 is 5.32 Å². The van der Waals surface area contributed by atoms with E-state index in [2.05, 4.69) is 27.3 Å². The Hall–Kier alpha value is -0.410. The zero-order chi connectivity index (χ0) is 15.0. The minimum absolute atomic E-state index is 0.394. The molecular formula is C16H13BrCl3N. The Morgan fingerprint density at radius 3 is 2.29 bits per heavy atom. The Labute approximate surface area is 147 Å². The molecule has 0 bridgehead atoms. The van der Waals surface area contributed by atoms with Crippen molar-refractivity contribution in [3.63, 3.8) is 0 Å². The van der Waals surface area contributed by atoms with Crippen molar-refractivity contribution in [2.24, 2.45) is 0 Å². The highest BCUT2D eigenvalue weighted by Gasteiger charge is 2.31. The van der Waals surface area contributed by atoms with Gasteiger partial charge in [0.2, 0.25) is 0 Å². The highest BCUT2D eigenvalue weighted by atomic mass is 79.9. The van der Waals surface area contributed by atoms with E-state index in [1.165, 1.54) is 5.56 Å². The number of rotatable bonds is 3. The molecule has 0 saturated heterocycles. The Kier molecular flexibility index (Phi) is 4.70. The van der Waals surface area contributed by atoms with Crippen LogP contribution in [-0.4, -0.2) is 6.04 Å². The third-order valence-corrected chi connectivity index (χ3v) is 5.10. The first-order valence-electron chi connectivity index (χ1n) is 6.69. The van der Waals surface area contributed by atoms with Crippen molar-refractivity contribution in [3.05, 3.63) is 61.5 Å².